The van der Waals surface area contributed by atoms with Crippen molar-refractivity contribution >= 4 is 10.0 Å². The molecule has 0 radical (unpaired) electrons. The van der Waals surface area contributed by atoms with Crippen molar-refractivity contribution < 1.29 is 12.8 Å². The molecule has 0 aliphatic heterocycles. The molecule has 0 rings (SSSR count). The van der Waals surface area contributed by atoms with Gasteiger partial charge < -0.3 is 6.15 Å². The van der Waals surface area contributed by atoms with Crippen LogP contribution in [0.25, 0.3) is 0 Å². The molecule has 10 heavy (non-hydrogen) atoms. The van der Waals surface area contributed by atoms with Gasteiger partial charge in [-0.2, -0.15) is 0 Å². The zero-order chi connectivity index (χ0) is 7.33. The van der Waals surface area contributed by atoms with Gasteiger partial charge in [-0.1, -0.05) is 0 Å². The second kappa shape index (κ2) is 5.57. The second-order valence-corrected chi connectivity index (χ2v) is 3.50. The fraction of sp³-hybridized carbons (Fsp3) is 1.00. The van der Waals surface area contributed by atoms with Gasteiger partial charge in [0.1, 0.15) is 0 Å². The number of rotatable bonds is 4. The minimum Gasteiger partial charge on any atom is -0.344 e. The molecule has 0 aromatic rings. The van der Waals surface area contributed by atoms with E-state index in [0.717, 1.165) is 0 Å². The molecule has 6 heteroatoms. The predicted molar refractivity (Wildman–Crippen MR) is 38.2 cm³/mol. The summed E-state index contributed by atoms with van der Waals surface area (Å²) in [6, 6.07) is 0. The van der Waals surface area contributed by atoms with Crippen LogP contribution in [0.1, 0.15) is 12.8 Å². The number of unbranched alkanes of at least 4 members (excludes halogenated alkanes) is 1. The second-order valence-electron chi connectivity index (χ2n) is 1.76. The third-order valence-corrected chi connectivity index (χ3v) is 1.67. The van der Waals surface area contributed by atoms with Crippen LogP contribution in [0, 0.1) is 0 Å². The summed E-state index contributed by atoms with van der Waals surface area (Å²) < 4.78 is 31.7. The number of halogens is 1. The van der Waals surface area contributed by atoms with E-state index in [4.69, 9.17) is 0 Å². The highest BCUT2D eigenvalue weighted by Gasteiger charge is 1.99. The molecular weight excluding hydrogens is 159 g/mol. The van der Waals surface area contributed by atoms with Crippen molar-refractivity contribution in [2.75, 3.05) is 12.4 Å². The Bertz CT molecular complexity index is 157. The summed E-state index contributed by atoms with van der Waals surface area (Å²) in [6.45, 7) is -0.477. The first-order valence-electron chi connectivity index (χ1n) is 2.62. The van der Waals surface area contributed by atoms with E-state index in [0.29, 0.717) is 6.42 Å². The average molecular weight is 172 g/mol. The van der Waals surface area contributed by atoms with Crippen LogP contribution in [0.2, 0.25) is 0 Å². The van der Waals surface area contributed by atoms with Crippen molar-refractivity contribution in [3.05, 3.63) is 0 Å². The van der Waals surface area contributed by atoms with E-state index < -0.39 is 16.7 Å². The van der Waals surface area contributed by atoms with Crippen molar-refractivity contribution in [1.29, 1.82) is 0 Å². The molecule has 0 aromatic heterocycles. The Morgan fingerprint density at radius 3 is 2.10 bits per heavy atom. The summed E-state index contributed by atoms with van der Waals surface area (Å²) in [5.41, 5.74) is 0. The van der Waals surface area contributed by atoms with E-state index in [9.17, 15) is 12.8 Å². The molecule has 0 unspecified atom stereocenters. The maximum absolute atomic E-state index is 11.3. The van der Waals surface area contributed by atoms with Crippen LogP contribution in [-0.4, -0.2) is 20.8 Å². The lowest BCUT2D eigenvalue weighted by Crippen LogP contribution is -2.16. The van der Waals surface area contributed by atoms with E-state index in [1.54, 1.807) is 0 Å². The molecule has 0 atom stereocenters. The van der Waals surface area contributed by atoms with Crippen LogP contribution < -0.4 is 11.3 Å². The first-order valence-corrected chi connectivity index (χ1v) is 4.34. The summed E-state index contributed by atoms with van der Waals surface area (Å²) in [7, 11) is -3.36. The van der Waals surface area contributed by atoms with Crippen molar-refractivity contribution in [2.24, 2.45) is 5.14 Å². The van der Waals surface area contributed by atoms with Crippen LogP contribution >= 0.6 is 0 Å². The summed E-state index contributed by atoms with van der Waals surface area (Å²) in [5, 5.41) is 4.63. The predicted octanol–water partition coefficient (Wildman–Crippen LogP) is 0.187. The third-order valence-electron chi connectivity index (χ3n) is 0.812. The van der Waals surface area contributed by atoms with E-state index >= 15 is 0 Å². The van der Waals surface area contributed by atoms with E-state index in [1.807, 2.05) is 0 Å². The molecule has 0 aromatic carbocycles. The van der Waals surface area contributed by atoms with Crippen LogP contribution in [0.3, 0.4) is 0 Å². The van der Waals surface area contributed by atoms with Crippen molar-refractivity contribution in [2.45, 2.75) is 12.8 Å². The Morgan fingerprint density at radius 2 is 1.80 bits per heavy atom. The maximum atomic E-state index is 11.3. The molecule has 0 spiro atoms. The Hall–Kier alpha value is -0.200. The van der Waals surface area contributed by atoms with Gasteiger partial charge in [0.15, 0.2) is 0 Å². The first-order chi connectivity index (χ1) is 4.06. The summed E-state index contributed by atoms with van der Waals surface area (Å²) >= 11 is 0. The quantitative estimate of drug-likeness (QED) is 0.592. The molecule has 0 fully saturated rings. The minimum atomic E-state index is -3.36. The van der Waals surface area contributed by atoms with Gasteiger partial charge in [-0.25, -0.2) is 13.6 Å². The third kappa shape index (κ3) is 10.7. The number of hydrogen-bond acceptors (Lipinski definition) is 3. The Morgan fingerprint density at radius 1 is 1.30 bits per heavy atom. The van der Waals surface area contributed by atoms with Gasteiger partial charge in [0, 0.05) is 0 Å². The Balaban J connectivity index is 0. The van der Waals surface area contributed by atoms with Gasteiger partial charge in [0.05, 0.1) is 12.4 Å². The normalized spacial score (nSPS) is 10.6. The molecule has 4 nitrogen and oxygen atoms in total. The van der Waals surface area contributed by atoms with Crippen LogP contribution in [0.4, 0.5) is 4.39 Å². The minimum absolute atomic E-state index is 0. The molecule has 0 aliphatic rings. The lowest BCUT2D eigenvalue weighted by atomic mass is 10.4. The lowest BCUT2D eigenvalue weighted by molar-refractivity contribution is 0.468. The summed E-state index contributed by atoms with van der Waals surface area (Å²) in [4.78, 5) is 0. The smallest absolute Gasteiger partial charge is 0.209 e. The fourth-order valence-electron chi connectivity index (χ4n) is 0.398. The highest BCUT2D eigenvalue weighted by Crippen LogP contribution is 1.91. The van der Waals surface area contributed by atoms with Crippen LogP contribution in [0.5, 0.6) is 0 Å². The molecule has 0 heterocycles. The first kappa shape index (κ1) is 12.5. The van der Waals surface area contributed by atoms with E-state index in [2.05, 4.69) is 5.14 Å². The standard InChI is InChI=1S/C4H10FNO2S.H3N/c5-3-1-2-4-9(6,7)8;/h1-4H2,(H2,6,7,8);1H3. The van der Waals surface area contributed by atoms with Gasteiger partial charge in [-0.15, -0.1) is 0 Å². The molecule has 0 aliphatic carbocycles. The molecule has 0 amide bonds. The Labute approximate surface area is 60.2 Å². The molecule has 0 bridgehead atoms. The van der Waals surface area contributed by atoms with Gasteiger partial charge in [-0.05, 0) is 12.8 Å². The number of sulfonamides is 1. The average Bonchev–Trinajstić information content (AvgIpc) is 1.63. The van der Waals surface area contributed by atoms with E-state index in [1.165, 1.54) is 0 Å². The highest BCUT2D eigenvalue weighted by atomic mass is 32.2. The van der Waals surface area contributed by atoms with Crippen LogP contribution in [-0.2, 0) is 10.0 Å². The Kier molecular flexibility index (Phi) is 6.95. The van der Waals surface area contributed by atoms with Crippen LogP contribution in [0.15, 0.2) is 0 Å². The van der Waals surface area contributed by atoms with E-state index in [-0.39, 0.29) is 18.3 Å². The largest absolute Gasteiger partial charge is 0.344 e. The topological polar surface area (TPSA) is 95.2 Å². The van der Waals surface area contributed by atoms with Gasteiger partial charge >= 0.3 is 0 Å². The summed E-state index contributed by atoms with van der Waals surface area (Å²) in [6.07, 6.45) is 0.589. The van der Waals surface area contributed by atoms with Crippen molar-refractivity contribution in [3.8, 4) is 0 Å². The van der Waals surface area contributed by atoms with Gasteiger partial charge in [-0.3, -0.25) is 4.39 Å². The van der Waals surface area contributed by atoms with Gasteiger partial charge in [0.25, 0.3) is 0 Å². The monoisotopic (exact) mass is 172 g/mol. The molecule has 64 valence electrons. The number of primary sulfonamides is 1. The van der Waals surface area contributed by atoms with Crippen molar-refractivity contribution in [1.82, 2.24) is 6.15 Å². The number of hydrogen-bond donors (Lipinski definition) is 2. The zero-order valence-electron chi connectivity index (χ0n) is 5.72. The maximum Gasteiger partial charge on any atom is 0.209 e. The lowest BCUT2D eigenvalue weighted by Gasteiger charge is -1.92. The number of alkyl halides is 1. The molecule has 0 saturated carbocycles. The van der Waals surface area contributed by atoms with Crippen molar-refractivity contribution in [3.63, 3.8) is 0 Å². The number of nitrogens with two attached hydrogens (primary N) is 1. The molecule has 5 N–H and O–H groups in total. The highest BCUT2D eigenvalue weighted by molar-refractivity contribution is 7.89. The van der Waals surface area contributed by atoms with Gasteiger partial charge in [0.2, 0.25) is 10.0 Å². The molecular formula is C4H13FN2O2S. The zero-order valence-corrected chi connectivity index (χ0v) is 6.53. The molecule has 0 saturated heterocycles. The fourth-order valence-corrected chi connectivity index (χ4v) is 1.00. The summed E-state index contributed by atoms with van der Waals surface area (Å²) in [5.74, 6) is -0.114. The SMILES string of the molecule is N.NS(=O)(=O)CCCCF.